The molecule has 0 radical (unpaired) electrons. The van der Waals surface area contributed by atoms with Crippen molar-refractivity contribution in [1.29, 1.82) is 0 Å². The number of rotatable bonds is 12. The fourth-order valence-electron chi connectivity index (χ4n) is 2.98. The molecule has 4 N–H and O–H groups in total. The van der Waals surface area contributed by atoms with Gasteiger partial charge in [-0.3, -0.25) is 28.5 Å². The fourth-order valence-corrected chi connectivity index (χ4v) is 4.87. The van der Waals surface area contributed by atoms with Crippen LogP contribution < -0.4 is 11.2 Å². The van der Waals surface area contributed by atoms with Crippen LogP contribution in [0.1, 0.15) is 6.23 Å². The van der Waals surface area contributed by atoms with Crippen LogP contribution in [0.2, 0.25) is 0 Å². The minimum atomic E-state index is -4.97. The van der Waals surface area contributed by atoms with Gasteiger partial charge in [0.1, 0.15) is 37.5 Å². The Morgan fingerprint density at radius 1 is 1.30 bits per heavy atom. The summed E-state index contributed by atoms with van der Waals surface area (Å²) in [6.07, 6.45) is -3.90. The molecular weight excluding hydrogens is 512 g/mol. The molecular formula is C14H20N3O13P2S+. The molecule has 0 aliphatic carbocycles. The van der Waals surface area contributed by atoms with Gasteiger partial charge in [0.2, 0.25) is 0 Å². The molecule has 0 amide bonds. The van der Waals surface area contributed by atoms with E-state index < -0.39 is 82.4 Å². The minimum absolute atomic E-state index is 0.194. The lowest BCUT2D eigenvalue weighted by Gasteiger charge is -2.25. The van der Waals surface area contributed by atoms with Crippen LogP contribution in [0.4, 0.5) is 0 Å². The fraction of sp³-hybridized carbons (Fsp3) is 0.571. The van der Waals surface area contributed by atoms with Crippen LogP contribution in [0, 0.1) is 0 Å². The zero-order valence-electron chi connectivity index (χ0n) is 16.7. The number of hydrogen-bond acceptors (Lipinski definition) is 10. The summed E-state index contributed by atoms with van der Waals surface area (Å²) in [4.78, 5) is 57.5. The van der Waals surface area contributed by atoms with Crippen LogP contribution >= 0.6 is 27.2 Å². The molecule has 19 heteroatoms. The quantitative estimate of drug-likeness (QED) is 0.161. The molecule has 1 saturated heterocycles. The first-order chi connectivity index (χ1) is 15.4. The third-order valence-electron chi connectivity index (χ3n) is 4.29. The summed E-state index contributed by atoms with van der Waals surface area (Å²) in [6.45, 7) is -3.03. The van der Waals surface area contributed by atoms with Gasteiger partial charge in [-0.25, -0.2) is 9.36 Å². The average Bonchev–Trinajstić information content (AvgIpc) is 3.01. The average molecular weight is 532 g/mol. The lowest BCUT2D eigenvalue weighted by Crippen LogP contribution is -2.39. The number of ether oxygens (including phenoxy) is 2. The van der Waals surface area contributed by atoms with Gasteiger partial charge in [0.15, 0.2) is 12.3 Å². The van der Waals surface area contributed by atoms with Gasteiger partial charge in [0, 0.05) is 19.4 Å². The highest BCUT2D eigenvalue weighted by atomic mass is 32.7. The maximum atomic E-state index is 12.5. The zero-order valence-corrected chi connectivity index (χ0v) is 19.4. The number of aromatic nitrogens is 2. The number of thiol groups is 1. The highest BCUT2D eigenvalue weighted by Crippen LogP contribution is 2.48. The Labute approximate surface area is 190 Å². The number of methoxy groups -OCH3 is 1. The molecule has 2 rings (SSSR count). The van der Waals surface area contributed by atoms with Gasteiger partial charge in [0.25, 0.3) is 5.56 Å². The lowest BCUT2D eigenvalue weighted by molar-refractivity contribution is -0.140. The van der Waals surface area contributed by atoms with Crippen molar-refractivity contribution < 1.29 is 52.3 Å². The highest BCUT2D eigenvalue weighted by Gasteiger charge is 2.52. The second-order valence-electron chi connectivity index (χ2n) is 6.49. The Bertz CT molecular complexity index is 1050. The Balaban J connectivity index is 2.30. The standard InChI is InChI=1S/C14H19N3O13P2S/c1-27-12-11(30-31(24)33)7(29-13(12)17-3-2-8(18)15-14(17)23)6-28-32(25,26)16(4-9(19)20)5-10(21)22/h2-3,7,11-13H,4-6H2,1H3,(H4-,15,18,19,20,21,22,23,24,25,26,33)/p+1/t7?,11-,12-,13-/m1/s1. The van der Waals surface area contributed by atoms with Crippen molar-refractivity contribution in [3.63, 3.8) is 0 Å². The molecule has 1 aliphatic heterocycles. The summed E-state index contributed by atoms with van der Waals surface area (Å²) >= 11 is 3.65. The topological polar surface area (TPSA) is 224 Å². The molecule has 6 atom stereocenters. The van der Waals surface area contributed by atoms with Crippen molar-refractivity contribution in [2.45, 2.75) is 24.5 Å². The number of carbonyl (C=O) groups is 2. The summed E-state index contributed by atoms with van der Waals surface area (Å²) in [6, 6.07) is 1.02. The molecule has 0 spiro atoms. The minimum Gasteiger partial charge on any atom is -0.480 e. The van der Waals surface area contributed by atoms with Crippen LogP contribution in [-0.4, -0.2) is 86.4 Å². The number of carboxylic acid groups (broad SMARTS) is 2. The van der Waals surface area contributed by atoms with E-state index in [1.54, 1.807) is 0 Å². The molecule has 2 heterocycles. The summed E-state index contributed by atoms with van der Waals surface area (Å²) in [5.41, 5.74) is -1.57. The van der Waals surface area contributed by atoms with Crippen LogP contribution in [0.5, 0.6) is 0 Å². The third-order valence-corrected chi connectivity index (χ3v) is 6.48. The maximum Gasteiger partial charge on any atom is 0.582 e. The van der Waals surface area contributed by atoms with Gasteiger partial charge in [-0.2, -0.15) is 4.67 Å². The summed E-state index contributed by atoms with van der Waals surface area (Å²) in [5.74, 6) is -3.17. The SMILES string of the molecule is CO[C@@H]1[C@H](O[P+](=O)S)C(COP(=O)(O)N(CC(=O)O)CC(=O)O)O[C@H]1n1ccc(=O)[nH]c1=O. The first-order valence-electron chi connectivity index (χ1n) is 8.84. The molecule has 0 bridgehead atoms. The zero-order chi connectivity index (χ0) is 24.9. The van der Waals surface area contributed by atoms with Crippen molar-refractivity contribution in [3.05, 3.63) is 33.1 Å². The van der Waals surface area contributed by atoms with Gasteiger partial charge < -0.3 is 24.6 Å². The number of carboxylic acids is 2. The first kappa shape index (κ1) is 27.3. The predicted octanol–water partition coefficient (Wildman–Crippen LogP) is -0.990. The predicted molar refractivity (Wildman–Crippen MR) is 110 cm³/mol. The molecule has 0 aromatic carbocycles. The molecule has 33 heavy (non-hydrogen) atoms. The Morgan fingerprint density at radius 2 is 1.91 bits per heavy atom. The van der Waals surface area contributed by atoms with Crippen LogP contribution in [0.15, 0.2) is 21.9 Å². The molecule has 1 aliphatic rings. The van der Waals surface area contributed by atoms with E-state index in [0.29, 0.717) is 0 Å². The second-order valence-corrected chi connectivity index (χ2v) is 9.96. The normalized spacial score (nSPS) is 25.0. The molecule has 184 valence electrons. The van der Waals surface area contributed by atoms with Crippen LogP contribution in [0.3, 0.4) is 0 Å². The number of nitrogens with zero attached hydrogens (tertiary/aromatic N) is 2. The highest BCUT2D eigenvalue weighted by molar-refractivity contribution is 8.39. The van der Waals surface area contributed by atoms with Crippen molar-refractivity contribution in [2.24, 2.45) is 0 Å². The van der Waals surface area contributed by atoms with E-state index in [2.05, 4.69) is 12.2 Å². The van der Waals surface area contributed by atoms with E-state index in [-0.39, 0.29) is 4.67 Å². The van der Waals surface area contributed by atoms with Gasteiger partial charge in [-0.05, 0) is 4.57 Å². The summed E-state index contributed by atoms with van der Waals surface area (Å²) < 4.78 is 46.2. The molecule has 1 aromatic heterocycles. The number of hydrogen-bond donors (Lipinski definition) is 5. The molecule has 16 nitrogen and oxygen atoms in total. The number of aliphatic carboxylic acids is 2. The third kappa shape index (κ3) is 7.27. The first-order valence-corrected chi connectivity index (χ1v) is 12.7. The lowest BCUT2D eigenvalue weighted by atomic mass is 10.1. The molecule has 1 aromatic rings. The second kappa shape index (κ2) is 11.5. The monoisotopic (exact) mass is 532 g/mol. The maximum absolute atomic E-state index is 12.5. The van der Waals surface area contributed by atoms with Crippen LogP contribution in [-0.2, 0) is 37.2 Å². The summed E-state index contributed by atoms with van der Waals surface area (Å²) in [7, 11) is -6.32. The van der Waals surface area contributed by atoms with Gasteiger partial charge >= 0.3 is 32.6 Å². The van der Waals surface area contributed by atoms with Gasteiger partial charge in [-0.15, -0.1) is 4.52 Å². The van der Waals surface area contributed by atoms with Crippen molar-refractivity contribution in [2.75, 3.05) is 26.8 Å². The number of aromatic amines is 1. The van der Waals surface area contributed by atoms with Crippen molar-refractivity contribution >= 4 is 39.2 Å². The Hall–Kier alpha value is -1.94. The smallest absolute Gasteiger partial charge is 0.480 e. The molecule has 3 unspecified atom stereocenters. The molecule has 0 saturated carbocycles. The van der Waals surface area contributed by atoms with Gasteiger partial charge in [0.05, 0.1) is 6.61 Å². The summed E-state index contributed by atoms with van der Waals surface area (Å²) in [5, 5.41) is 17.7. The van der Waals surface area contributed by atoms with E-state index in [1.807, 2.05) is 4.98 Å². The number of H-pyrrole nitrogens is 1. The van der Waals surface area contributed by atoms with Crippen molar-refractivity contribution in [1.82, 2.24) is 14.2 Å². The van der Waals surface area contributed by atoms with E-state index >= 15 is 0 Å². The van der Waals surface area contributed by atoms with Gasteiger partial charge in [-0.1, -0.05) is 0 Å². The number of nitrogens with one attached hydrogen (secondary N) is 1. The molecule has 1 fully saturated rings. The van der Waals surface area contributed by atoms with E-state index in [1.165, 1.54) is 7.11 Å². The van der Waals surface area contributed by atoms with E-state index in [4.69, 9.17) is 28.7 Å². The Kier molecular flexibility index (Phi) is 9.48. The van der Waals surface area contributed by atoms with E-state index in [0.717, 1.165) is 16.8 Å². The Morgan fingerprint density at radius 3 is 2.39 bits per heavy atom. The largest absolute Gasteiger partial charge is 0.582 e. The van der Waals surface area contributed by atoms with E-state index in [9.17, 15) is 33.2 Å². The van der Waals surface area contributed by atoms with Crippen LogP contribution in [0.25, 0.3) is 0 Å². The van der Waals surface area contributed by atoms with Crippen molar-refractivity contribution in [3.8, 4) is 0 Å².